The normalized spacial score (nSPS) is 18.4. The molecule has 1 saturated heterocycles. The summed E-state index contributed by atoms with van der Waals surface area (Å²) in [4.78, 5) is 30.1. The van der Waals surface area contributed by atoms with Gasteiger partial charge in [0.2, 0.25) is 0 Å². The molecule has 0 radical (unpaired) electrons. The minimum absolute atomic E-state index is 0.0261. The predicted molar refractivity (Wildman–Crippen MR) is 138 cm³/mol. The maximum atomic E-state index is 13.3. The highest BCUT2D eigenvalue weighted by molar-refractivity contribution is 6.46. The third-order valence-electron chi connectivity index (χ3n) is 6.24. The zero-order valence-corrected chi connectivity index (χ0v) is 21.8. The van der Waals surface area contributed by atoms with E-state index >= 15 is 0 Å². The van der Waals surface area contributed by atoms with E-state index in [1.165, 1.54) is 4.90 Å². The summed E-state index contributed by atoms with van der Waals surface area (Å²) in [5.74, 6) is 0.499. The van der Waals surface area contributed by atoms with Gasteiger partial charge in [-0.3, -0.25) is 9.59 Å². The number of hydrogen-bond donors (Lipinski definition) is 1. The molecule has 0 saturated carbocycles. The van der Waals surface area contributed by atoms with Gasteiger partial charge in [-0.05, 0) is 76.8 Å². The van der Waals surface area contributed by atoms with Crippen LogP contribution >= 0.6 is 0 Å². The average Bonchev–Trinajstić information content (AvgIpc) is 3.14. The Hall–Kier alpha value is -3.72. The van der Waals surface area contributed by atoms with E-state index in [1.54, 1.807) is 36.4 Å². The highest BCUT2D eigenvalue weighted by Crippen LogP contribution is 2.43. The number of ketones is 1. The number of aliphatic hydroxyl groups is 1. The Labute approximate surface area is 217 Å². The van der Waals surface area contributed by atoms with E-state index in [9.17, 15) is 14.7 Å². The Kier molecular flexibility index (Phi) is 8.23. The summed E-state index contributed by atoms with van der Waals surface area (Å²) in [7, 11) is 3.91. The van der Waals surface area contributed by atoms with Crippen molar-refractivity contribution in [3.63, 3.8) is 0 Å². The number of Topliss-reactive ketones (excluding diaryl/α,β-unsaturated/α-hetero) is 1. The van der Waals surface area contributed by atoms with Gasteiger partial charge in [-0.15, -0.1) is 0 Å². The van der Waals surface area contributed by atoms with Crippen molar-refractivity contribution in [2.45, 2.75) is 26.3 Å². The molecule has 2 aromatic carbocycles. The van der Waals surface area contributed by atoms with Crippen LogP contribution in [0, 0.1) is 0 Å². The van der Waals surface area contributed by atoms with Crippen LogP contribution in [0.15, 0.2) is 42.0 Å². The second kappa shape index (κ2) is 11.6. The second-order valence-corrected chi connectivity index (χ2v) is 9.08. The van der Waals surface area contributed by atoms with Gasteiger partial charge in [-0.25, -0.2) is 0 Å². The lowest BCUT2D eigenvalue weighted by molar-refractivity contribution is -0.139. The first kappa shape index (κ1) is 26.3. The first-order valence-corrected chi connectivity index (χ1v) is 12.6. The maximum Gasteiger partial charge on any atom is 0.295 e. The van der Waals surface area contributed by atoms with E-state index in [0.29, 0.717) is 73.5 Å². The number of hydrogen-bond acceptors (Lipinski definition) is 8. The third-order valence-corrected chi connectivity index (χ3v) is 6.24. The molecule has 1 atom stereocenters. The fourth-order valence-corrected chi connectivity index (χ4v) is 4.60. The first-order chi connectivity index (χ1) is 17.8. The van der Waals surface area contributed by atoms with Crippen LogP contribution in [-0.4, -0.2) is 80.2 Å². The topological polar surface area (TPSA) is 97.8 Å². The highest BCUT2D eigenvalue weighted by atomic mass is 16.6. The summed E-state index contributed by atoms with van der Waals surface area (Å²) in [5.41, 5.74) is 1.05. The number of nitrogens with zero attached hydrogens (tertiary/aromatic N) is 2. The Bertz CT molecular complexity index is 1190. The molecule has 2 aliphatic rings. The molecular formula is C28H34N2O7. The molecule has 0 unspecified atom stereocenters. The lowest BCUT2D eigenvalue weighted by atomic mass is 9.94. The molecule has 0 aromatic heterocycles. The van der Waals surface area contributed by atoms with Crippen LogP contribution in [0.5, 0.6) is 23.0 Å². The molecule has 2 aliphatic heterocycles. The van der Waals surface area contributed by atoms with Crippen molar-refractivity contribution in [2.24, 2.45) is 0 Å². The summed E-state index contributed by atoms with van der Waals surface area (Å²) < 4.78 is 22.7. The Morgan fingerprint density at radius 2 is 1.70 bits per heavy atom. The standard InChI is InChI=1S/C28H34N2O7/c1-5-34-20-10-8-18(16-22(20)35-6-2)25-24(27(32)28(33)30(25)13-7-12-29(3)4)26(31)19-9-11-21-23(17-19)37-15-14-36-21/h8-11,16-17,25,31H,5-7,12-15H2,1-4H3/t25-/m1/s1. The minimum Gasteiger partial charge on any atom is -0.507 e. The molecule has 9 heteroatoms. The van der Waals surface area contributed by atoms with E-state index in [-0.39, 0.29) is 11.3 Å². The van der Waals surface area contributed by atoms with Crippen LogP contribution in [-0.2, 0) is 9.59 Å². The molecule has 198 valence electrons. The molecular weight excluding hydrogens is 476 g/mol. The molecule has 2 heterocycles. The van der Waals surface area contributed by atoms with Crippen molar-refractivity contribution in [3.8, 4) is 23.0 Å². The van der Waals surface area contributed by atoms with E-state index < -0.39 is 17.7 Å². The number of fused-ring (bicyclic) bond motifs is 1. The molecule has 0 spiro atoms. The molecule has 1 N–H and O–H groups in total. The Morgan fingerprint density at radius 3 is 2.41 bits per heavy atom. The Balaban J connectivity index is 1.82. The molecule has 0 bridgehead atoms. The maximum absolute atomic E-state index is 13.3. The molecule has 1 fully saturated rings. The van der Waals surface area contributed by atoms with Crippen molar-refractivity contribution in [1.29, 1.82) is 0 Å². The molecule has 1 amide bonds. The summed E-state index contributed by atoms with van der Waals surface area (Å²) in [6.45, 7) is 6.56. The van der Waals surface area contributed by atoms with Gasteiger partial charge < -0.3 is 33.9 Å². The number of rotatable bonds is 10. The lowest BCUT2D eigenvalue weighted by Gasteiger charge is -2.26. The van der Waals surface area contributed by atoms with Crippen molar-refractivity contribution in [3.05, 3.63) is 53.1 Å². The van der Waals surface area contributed by atoms with E-state index in [1.807, 2.05) is 32.8 Å². The zero-order chi connectivity index (χ0) is 26.5. The van der Waals surface area contributed by atoms with Crippen LogP contribution in [0.1, 0.15) is 37.4 Å². The quantitative estimate of drug-likeness (QED) is 0.294. The van der Waals surface area contributed by atoms with Gasteiger partial charge in [0.05, 0.1) is 24.8 Å². The summed E-state index contributed by atoms with van der Waals surface area (Å²) in [6.07, 6.45) is 0.663. The number of likely N-dealkylation sites (tertiary alicyclic amines) is 1. The van der Waals surface area contributed by atoms with Crippen molar-refractivity contribution in [2.75, 3.05) is 53.6 Å². The van der Waals surface area contributed by atoms with Gasteiger partial charge in [0.1, 0.15) is 19.0 Å². The van der Waals surface area contributed by atoms with Gasteiger partial charge >= 0.3 is 0 Å². The van der Waals surface area contributed by atoms with Gasteiger partial charge in [-0.2, -0.15) is 0 Å². The Morgan fingerprint density at radius 1 is 1.00 bits per heavy atom. The minimum atomic E-state index is -0.787. The molecule has 37 heavy (non-hydrogen) atoms. The molecule has 9 nitrogen and oxygen atoms in total. The average molecular weight is 511 g/mol. The van der Waals surface area contributed by atoms with Crippen LogP contribution in [0.2, 0.25) is 0 Å². The van der Waals surface area contributed by atoms with Crippen LogP contribution in [0.3, 0.4) is 0 Å². The fraction of sp³-hybridized carbons (Fsp3) is 0.429. The number of carbonyl (C=O) groups is 2. The third kappa shape index (κ3) is 5.51. The number of aliphatic hydroxyl groups excluding tert-OH is 1. The van der Waals surface area contributed by atoms with Gasteiger partial charge in [0.25, 0.3) is 11.7 Å². The van der Waals surface area contributed by atoms with Crippen LogP contribution in [0.4, 0.5) is 0 Å². The van der Waals surface area contributed by atoms with E-state index in [4.69, 9.17) is 18.9 Å². The summed E-state index contributed by atoms with van der Waals surface area (Å²) >= 11 is 0. The van der Waals surface area contributed by atoms with Crippen molar-refractivity contribution in [1.82, 2.24) is 9.80 Å². The van der Waals surface area contributed by atoms with Crippen molar-refractivity contribution < 1.29 is 33.6 Å². The second-order valence-electron chi connectivity index (χ2n) is 9.08. The van der Waals surface area contributed by atoms with Gasteiger partial charge in [0, 0.05) is 12.1 Å². The molecule has 4 rings (SSSR count). The van der Waals surface area contributed by atoms with E-state index in [0.717, 1.165) is 6.54 Å². The molecule has 2 aromatic rings. The van der Waals surface area contributed by atoms with Crippen molar-refractivity contribution >= 4 is 17.4 Å². The molecule has 0 aliphatic carbocycles. The SMILES string of the molecule is CCOc1ccc([C@@H]2C(=C(O)c3ccc4c(c3)OCCO4)C(=O)C(=O)N2CCCN(C)C)cc1OCC. The lowest BCUT2D eigenvalue weighted by Crippen LogP contribution is -2.32. The summed E-state index contributed by atoms with van der Waals surface area (Å²) in [6, 6.07) is 9.54. The zero-order valence-electron chi connectivity index (χ0n) is 21.8. The van der Waals surface area contributed by atoms with Gasteiger partial charge in [0.15, 0.2) is 23.0 Å². The first-order valence-electron chi connectivity index (χ1n) is 12.6. The number of amides is 1. The van der Waals surface area contributed by atoms with Crippen LogP contribution in [0.25, 0.3) is 5.76 Å². The smallest absolute Gasteiger partial charge is 0.295 e. The fourth-order valence-electron chi connectivity index (χ4n) is 4.60. The summed E-state index contributed by atoms with van der Waals surface area (Å²) in [5, 5.41) is 11.4. The number of ether oxygens (including phenoxy) is 4. The highest BCUT2D eigenvalue weighted by Gasteiger charge is 2.46. The number of carbonyl (C=O) groups excluding carboxylic acids is 2. The number of benzene rings is 2. The monoisotopic (exact) mass is 510 g/mol. The van der Waals surface area contributed by atoms with E-state index in [2.05, 4.69) is 0 Å². The predicted octanol–water partition coefficient (Wildman–Crippen LogP) is 3.63. The largest absolute Gasteiger partial charge is 0.507 e. The van der Waals surface area contributed by atoms with Gasteiger partial charge in [-0.1, -0.05) is 6.07 Å². The van der Waals surface area contributed by atoms with Crippen LogP contribution < -0.4 is 18.9 Å².